The molecule has 0 saturated heterocycles. The fraction of sp³-hybridized carbons (Fsp3) is 0.500. The predicted octanol–water partition coefficient (Wildman–Crippen LogP) is 10.9. The summed E-state index contributed by atoms with van der Waals surface area (Å²) in [6.07, 6.45) is 38.7. The van der Waals surface area contributed by atoms with E-state index in [-0.39, 0.29) is 0 Å². The fourth-order valence-corrected chi connectivity index (χ4v) is 2.09. The average molecular weight is 535 g/mol. The summed E-state index contributed by atoms with van der Waals surface area (Å²) < 4.78 is 8.25. The summed E-state index contributed by atoms with van der Waals surface area (Å²) in [6, 6.07) is 0. The fourth-order valence-electron chi connectivity index (χ4n) is 2.09. The maximum atomic E-state index is 8.25. The van der Waals surface area contributed by atoms with E-state index in [1.165, 1.54) is 51.4 Å². The van der Waals surface area contributed by atoms with Crippen molar-refractivity contribution in [2.75, 3.05) is 0 Å². The molecular formula is C32H54O3Ti. The van der Waals surface area contributed by atoms with Crippen molar-refractivity contribution in [3.8, 4) is 0 Å². The van der Waals surface area contributed by atoms with E-state index in [0.717, 1.165) is 58.6 Å². The predicted molar refractivity (Wildman–Crippen MR) is 157 cm³/mol. The van der Waals surface area contributed by atoms with Crippen molar-refractivity contribution < 1.29 is 33.9 Å². The van der Waals surface area contributed by atoms with Crippen LogP contribution < -0.4 is 0 Å². The monoisotopic (exact) mass is 534 g/mol. The Bertz CT molecular complexity index is 496. The quantitative estimate of drug-likeness (QED) is 0.0681. The van der Waals surface area contributed by atoms with Crippen molar-refractivity contribution >= 4 is 0 Å². The minimum absolute atomic E-state index is 0.750. The van der Waals surface area contributed by atoms with Gasteiger partial charge in [-0.2, -0.15) is 12.2 Å². The Morgan fingerprint density at radius 3 is 0.944 bits per heavy atom. The van der Waals surface area contributed by atoms with Gasteiger partial charge in [0.25, 0.3) is 0 Å². The summed E-state index contributed by atoms with van der Waals surface area (Å²) in [5.41, 5.74) is 0. The van der Waals surface area contributed by atoms with Gasteiger partial charge in [0.15, 0.2) is 0 Å². The van der Waals surface area contributed by atoms with Gasteiger partial charge >= 0.3 is 23.7 Å². The molecule has 0 aromatic rings. The van der Waals surface area contributed by atoms with Crippen LogP contribution >= 0.6 is 0 Å². The van der Waals surface area contributed by atoms with E-state index in [4.69, 9.17) is 26.7 Å². The molecule has 0 rings (SSSR count). The second-order valence-corrected chi connectivity index (χ2v) is 7.35. The van der Waals surface area contributed by atoms with Crippen LogP contribution in [0.15, 0.2) is 85.4 Å². The van der Waals surface area contributed by atoms with Gasteiger partial charge in [-0.15, -0.1) is 0 Å². The number of unbranched alkanes of at least 4 members (excludes halogenated alkanes) is 8. The molecule has 0 aromatic heterocycles. The molecule has 0 aliphatic rings. The molecule has 3 nitrogen and oxygen atoms in total. The SMILES string of the molecule is CCCCC=CC=CO.CCCCC=CC=CO.[CH-]=CC=CCCCC.[CH-]=CC=CCCCC.[O]=[Ti+2]. The standard InChI is InChI=1S/2C8H14O.2C8H13.O.Ti/c2*1-2-3-4-5-6-7-8-9;2*1-3-5-7-8-6-4-2;;/h2*5-9H,2-4H2,1H3;2*1,3,5,7H,4,6,8H2,2H3;;/q;;2*-1;;+2. The first-order valence-electron chi connectivity index (χ1n) is 13.2. The first kappa shape index (κ1) is 44.1. The van der Waals surface area contributed by atoms with E-state index < -0.39 is 0 Å². The van der Waals surface area contributed by atoms with Gasteiger partial charge in [-0.25, -0.2) is 24.3 Å². The van der Waals surface area contributed by atoms with Crippen molar-refractivity contribution in [1.82, 2.24) is 0 Å². The number of aliphatic hydroxyl groups is 2. The van der Waals surface area contributed by atoms with Crippen LogP contribution in [0.3, 0.4) is 0 Å². The van der Waals surface area contributed by atoms with Crippen molar-refractivity contribution in [2.24, 2.45) is 0 Å². The molecule has 0 amide bonds. The molecule has 0 radical (unpaired) electrons. The Labute approximate surface area is 236 Å². The number of rotatable bonds is 16. The Morgan fingerprint density at radius 2 is 0.750 bits per heavy atom. The molecule has 0 aliphatic carbocycles. The maximum absolute atomic E-state index is 8.25. The van der Waals surface area contributed by atoms with E-state index >= 15 is 0 Å². The van der Waals surface area contributed by atoms with Gasteiger partial charge in [-0.1, -0.05) is 116 Å². The Morgan fingerprint density at radius 1 is 0.500 bits per heavy atom. The van der Waals surface area contributed by atoms with Crippen LogP contribution in [0, 0.1) is 13.2 Å². The zero-order valence-corrected chi connectivity index (χ0v) is 25.1. The van der Waals surface area contributed by atoms with Crippen LogP contribution in [0.25, 0.3) is 0 Å². The van der Waals surface area contributed by atoms with Crippen LogP contribution in [0.5, 0.6) is 0 Å². The first-order chi connectivity index (χ1) is 17.7. The van der Waals surface area contributed by atoms with Crippen LogP contribution in [0.4, 0.5) is 0 Å². The van der Waals surface area contributed by atoms with Crippen LogP contribution in [-0.4, -0.2) is 10.2 Å². The molecule has 2 N–H and O–H groups in total. The molecule has 0 bridgehead atoms. The molecule has 0 saturated carbocycles. The summed E-state index contributed by atoms with van der Waals surface area (Å²) in [7, 11) is 0. The third-order valence-corrected chi connectivity index (χ3v) is 4.06. The van der Waals surface area contributed by atoms with Gasteiger partial charge < -0.3 is 10.2 Å². The Balaban J connectivity index is -0.000000116. The Kier molecular flexibility index (Phi) is 71.8. The van der Waals surface area contributed by atoms with E-state index in [1.54, 1.807) is 24.3 Å². The molecule has 36 heavy (non-hydrogen) atoms. The molecular weight excluding hydrogens is 480 g/mol. The van der Waals surface area contributed by atoms with Gasteiger partial charge in [0.05, 0.1) is 12.5 Å². The molecule has 0 unspecified atom stereocenters. The van der Waals surface area contributed by atoms with E-state index in [2.05, 4.69) is 52.0 Å². The van der Waals surface area contributed by atoms with Crippen molar-refractivity contribution in [1.29, 1.82) is 0 Å². The molecule has 0 heterocycles. The number of hydrogen-bond acceptors (Lipinski definition) is 3. The van der Waals surface area contributed by atoms with E-state index in [1.807, 2.05) is 24.3 Å². The van der Waals surface area contributed by atoms with Crippen LogP contribution in [0.2, 0.25) is 0 Å². The second-order valence-electron chi connectivity index (χ2n) is 7.35. The molecule has 204 valence electrons. The minimum atomic E-state index is 0.750. The Hall–Kier alpha value is -1.97. The molecule has 0 aromatic carbocycles. The molecule has 0 aliphatic heterocycles. The summed E-state index contributed by atoms with van der Waals surface area (Å²) >= 11 is 0.750. The third kappa shape index (κ3) is 76.9. The zero-order valence-electron chi connectivity index (χ0n) is 23.5. The van der Waals surface area contributed by atoms with E-state index in [9.17, 15) is 0 Å². The van der Waals surface area contributed by atoms with Gasteiger partial charge in [-0.05, 0) is 25.0 Å². The van der Waals surface area contributed by atoms with Gasteiger partial charge in [0.1, 0.15) is 0 Å². The van der Waals surface area contributed by atoms with Crippen molar-refractivity contribution in [3.63, 3.8) is 0 Å². The summed E-state index contributed by atoms with van der Waals surface area (Å²) in [5, 5.41) is 16.4. The summed E-state index contributed by atoms with van der Waals surface area (Å²) in [4.78, 5) is 0. The van der Waals surface area contributed by atoms with Crippen molar-refractivity contribution in [2.45, 2.75) is 105 Å². The third-order valence-electron chi connectivity index (χ3n) is 4.06. The first-order valence-corrected chi connectivity index (χ1v) is 13.8. The van der Waals surface area contributed by atoms with Crippen LogP contribution in [0.1, 0.15) is 105 Å². The topological polar surface area (TPSA) is 57.5 Å². The molecule has 0 spiro atoms. The number of allylic oxidation sites excluding steroid dienone is 12. The van der Waals surface area contributed by atoms with Gasteiger partial charge in [0, 0.05) is 0 Å². The normalized spacial score (nSPS) is 10.5. The number of aliphatic hydroxyl groups excluding tert-OH is 2. The summed E-state index contributed by atoms with van der Waals surface area (Å²) in [6.45, 7) is 18.9. The average Bonchev–Trinajstić information content (AvgIpc) is 2.91. The van der Waals surface area contributed by atoms with Gasteiger partial charge in [0.2, 0.25) is 0 Å². The molecule has 0 fully saturated rings. The number of hydrogen-bond donors (Lipinski definition) is 2. The second kappa shape index (κ2) is 58.7. The van der Waals surface area contributed by atoms with Crippen molar-refractivity contribution in [3.05, 3.63) is 98.6 Å². The summed E-state index contributed by atoms with van der Waals surface area (Å²) in [5.74, 6) is 0. The van der Waals surface area contributed by atoms with Gasteiger partial charge in [-0.3, -0.25) is 13.2 Å². The van der Waals surface area contributed by atoms with Crippen LogP contribution in [-0.2, 0) is 23.7 Å². The zero-order chi connectivity index (χ0) is 28.4. The van der Waals surface area contributed by atoms with E-state index in [0.29, 0.717) is 0 Å². The molecule has 0 atom stereocenters. The molecule has 4 heteroatoms.